The van der Waals surface area contributed by atoms with Crippen molar-refractivity contribution in [3.8, 4) is 0 Å². The number of carboxylic acids is 1. The van der Waals surface area contributed by atoms with Gasteiger partial charge in [0.25, 0.3) is 0 Å². The zero-order valence-electron chi connectivity index (χ0n) is 10.9. The number of carbonyl (C=O) groups is 2. The molecule has 3 N–H and O–H groups in total. The number of rotatable bonds is 4. The number of hydrogen-bond acceptors (Lipinski definition) is 6. The van der Waals surface area contributed by atoms with E-state index in [0.717, 1.165) is 19.5 Å². The molecule has 0 aromatic carbocycles. The fourth-order valence-corrected chi connectivity index (χ4v) is 6.00. The molecule has 20 heavy (non-hydrogen) atoms. The van der Waals surface area contributed by atoms with E-state index < -0.39 is 18.0 Å². The molecule has 0 radical (unpaired) electrons. The lowest BCUT2D eigenvalue weighted by molar-refractivity contribution is -0.156. The fourth-order valence-electron chi connectivity index (χ4n) is 2.71. The standard InChI is InChI=1S/C12H16N2O4S2/c1-5(15)7-9(16)14-8(11(17)18)12(20-10(7)14)19-6-2-3-13-4-6/h5-7,10,13,15H,2-4H2,1H3,(H,17,18)/t5-,6+,7+,10-/m1/s1. The minimum absolute atomic E-state index is 0.0961. The lowest BCUT2D eigenvalue weighted by atomic mass is 9.92. The number of hydrogen-bond donors (Lipinski definition) is 3. The molecule has 3 aliphatic rings. The lowest BCUT2D eigenvalue weighted by Crippen LogP contribution is -2.60. The summed E-state index contributed by atoms with van der Waals surface area (Å²) in [6.07, 6.45) is 0.254. The topological polar surface area (TPSA) is 89.9 Å². The van der Waals surface area contributed by atoms with Crippen molar-refractivity contribution in [2.24, 2.45) is 5.92 Å². The van der Waals surface area contributed by atoms with Crippen LogP contribution in [0.5, 0.6) is 0 Å². The highest BCUT2D eigenvalue weighted by atomic mass is 32.2. The van der Waals surface area contributed by atoms with Crippen LogP contribution in [-0.2, 0) is 9.59 Å². The summed E-state index contributed by atoms with van der Waals surface area (Å²) in [5.41, 5.74) is 0.0961. The van der Waals surface area contributed by atoms with Crippen LogP contribution in [0.25, 0.3) is 0 Å². The predicted octanol–water partition coefficient (Wildman–Crippen LogP) is 0.247. The van der Waals surface area contributed by atoms with Crippen LogP contribution in [0.4, 0.5) is 0 Å². The van der Waals surface area contributed by atoms with Gasteiger partial charge in [-0.1, -0.05) is 11.8 Å². The first-order valence-electron chi connectivity index (χ1n) is 6.53. The van der Waals surface area contributed by atoms with Crippen LogP contribution in [0.1, 0.15) is 13.3 Å². The number of fused-ring (bicyclic) bond motifs is 1. The Morgan fingerprint density at radius 1 is 1.60 bits per heavy atom. The van der Waals surface area contributed by atoms with Crippen LogP contribution in [0, 0.1) is 5.92 Å². The van der Waals surface area contributed by atoms with Crippen molar-refractivity contribution in [2.45, 2.75) is 30.1 Å². The molecule has 0 spiro atoms. The van der Waals surface area contributed by atoms with E-state index in [1.54, 1.807) is 6.92 Å². The number of thioether (sulfide) groups is 2. The largest absolute Gasteiger partial charge is 0.477 e. The molecular weight excluding hydrogens is 300 g/mol. The van der Waals surface area contributed by atoms with Crippen LogP contribution in [0.3, 0.4) is 0 Å². The number of carboxylic acid groups (broad SMARTS) is 1. The molecule has 8 heteroatoms. The summed E-state index contributed by atoms with van der Waals surface area (Å²) >= 11 is 2.94. The molecule has 0 saturated carbocycles. The molecule has 3 rings (SSSR count). The second-order valence-corrected chi connectivity index (χ2v) is 7.85. The molecule has 0 aromatic heterocycles. The Bertz CT molecular complexity index is 488. The number of nitrogens with one attached hydrogen (secondary N) is 1. The van der Waals surface area contributed by atoms with Gasteiger partial charge < -0.3 is 15.5 Å². The Morgan fingerprint density at radius 2 is 2.35 bits per heavy atom. The highest BCUT2D eigenvalue weighted by molar-refractivity contribution is 8.23. The van der Waals surface area contributed by atoms with Crippen LogP contribution in [0.15, 0.2) is 9.93 Å². The van der Waals surface area contributed by atoms with E-state index >= 15 is 0 Å². The number of nitrogens with zero attached hydrogens (tertiary/aromatic N) is 1. The number of β-lactam (4-membered cyclic amide) rings is 1. The Kier molecular flexibility index (Phi) is 3.74. The van der Waals surface area contributed by atoms with E-state index in [4.69, 9.17) is 0 Å². The van der Waals surface area contributed by atoms with Gasteiger partial charge in [0.2, 0.25) is 5.91 Å². The van der Waals surface area contributed by atoms with E-state index in [9.17, 15) is 19.8 Å². The maximum absolute atomic E-state index is 12.0. The van der Waals surface area contributed by atoms with E-state index in [1.165, 1.54) is 28.4 Å². The first-order valence-corrected chi connectivity index (χ1v) is 8.29. The third kappa shape index (κ3) is 2.14. The Labute approximate surface area is 125 Å². The Morgan fingerprint density at radius 3 is 2.90 bits per heavy atom. The number of aliphatic hydroxyl groups is 1. The molecule has 6 nitrogen and oxygen atoms in total. The molecular formula is C12H16N2O4S2. The Balaban J connectivity index is 1.81. The minimum Gasteiger partial charge on any atom is -0.477 e. The highest BCUT2D eigenvalue weighted by Gasteiger charge is 2.57. The summed E-state index contributed by atoms with van der Waals surface area (Å²) in [5.74, 6) is -1.84. The average molecular weight is 316 g/mol. The van der Waals surface area contributed by atoms with Crippen LogP contribution in [0.2, 0.25) is 0 Å². The SMILES string of the molecule is C[C@@H](O)[C@H]1C(=O)N2C(C(=O)O)=C(S[C@H]3CCNC3)S[C@H]12. The summed E-state index contributed by atoms with van der Waals surface area (Å²) in [6.45, 7) is 3.38. The number of amides is 1. The second kappa shape index (κ2) is 5.25. The smallest absolute Gasteiger partial charge is 0.354 e. The number of aliphatic carboxylic acids is 1. The molecule has 0 unspecified atom stereocenters. The molecule has 0 aromatic rings. The van der Waals surface area contributed by atoms with Gasteiger partial charge in [0.1, 0.15) is 5.37 Å². The summed E-state index contributed by atoms with van der Waals surface area (Å²) in [6, 6.07) is 0. The van der Waals surface area contributed by atoms with Crippen LogP contribution >= 0.6 is 23.5 Å². The monoisotopic (exact) mass is 316 g/mol. The summed E-state index contributed by atoms with van der Waals surface area (Å²) in [4.78, 5) is 24.8. The summed E-state index contributed by atoms with van der Waals surface area (Å²) in [5, 5.41) is 22.3. The van der Waals surface area contributed by atoms with Gasteiger partial charge in [-0.15, -0.1) is 11.8 Å². The first kappa shape index (κ1) is 14.2. The van der Waals surface area contributed by atoms with E-state index in [1.807, 2.05) is 0 Å². The molecule has 110 valence electrons. The van der Waals surface area contributed by atoms with Gasteiger partial charge >= 0.3 is 5.97 Å². The van der Waals surface area contributed by atoms with Gasteiger partial charge in [0, 0.05) is 11.8 Å². The molecule has 0 bridgehead atoms. The Hall–Kier alpha value is -0.700. The van der Waals surface area contributed by atoms with Gasteiger partial charge in [-0.2, -0.15) is 0 Å². The molecule has 0 aliphatic carbocycles. The van der Waals surface area contributed by atoms with Gasteiger partial charge in [-0.25, -0.2) is 4.79 Å². The number of aliphatic hydroxyl groups excluding tert-OH is 1. The van der Waals surface area contributed by atoms with E-state index in [0.29, 0.717) is 9.49 Å². The van der Waals surface area contributed by atoms with Crippen LogP contribution < -0.4 is 5.32 Å². The highest BCUT2D eigenvalue weighted by Crippen LogP contribution is 2.54. The molecule has 3 heterocycles. The van der Waals surface area contributed by atoms with Gasteiger partial charge in [-0.3, -0.25) is 9.69 Å². The number of carbonyl (C=O) groups excluding carboxylic acids is 1. The third-order valence-electron chi connectivity index (χ3n) is 3.76. The maximum Gasteiger partial charge on any atom is 0.354 e. The molecule has 3 aliphatic heterocycles. The van der Waals surface area contributed by atoms with Crippen molar-refractivity contribution >= 4 is 35.4 Å². The summed E-state index contributed by atoms with van der Waals surface area (Å²) in [7, 11) is 0. The summed E-state index contributed by atoms with van der Waals surface area (Å²) < 4.78 is 0.702. The molecule has 2 saturated heterocycles. The zero-order chi connectivity index (χ0) is 14.4. The van der Waals surface area contributed by atoms with Crippen molar-refractivity contribution in [1.82, 2.24) is 10.2 Å². The van der Waals surface area contributed by atoms with E-state index in [-0.39, 0.29) is 17.0 Å². The average Bonchev–Trinajstić information content (AvgIpc) is 2.95. The predicted molar refractivity (Wildman–Crippen MR) is 76.9 cm³/mol. The van der Waals surface area contributed by atoms with Crippen molar-refractivity contribution in [1.29, 1.82) is 0 Å². The first-order chi connectivity index (χ1) is 9.50. The van der Waals surface area contributed by atoms with Gasteiger partial charge in [0.15, 0.2) is 5.70 Å². The molecule has 4 atom stereocenters. The van der Waals surface area contributed by atoms with Gasteiger partial charge in [0.05, 0.1) is 16.3 Å². The quantitative estimate of drug-likeness (QED) is 0.640. The van der Waals surface area contributed by atoms with Crippen LogP contribution in [-0.4, -0.2) is 56.8 Å². The lowest BCUT2D eigenvalue weighted by Gasteiger charge is -2.43. The molecule has 1 amide bonds. The van der Waals surface area contributed by atoms with Crippen molar-refractivity contribution in [3.63, 3.8) is 0 Å². The van der Waals surface area contributed by atoms with Crippen molar-refractivity contribution in [3.05, 3.63) is 9.93 Å². The van der Waals surface area contributed by atoms with Crippen molar-refractivity contribution < 1.29 is 19.8 Å². The fraction of sp³-hybridized carbons (Fsp3) is 0.667. The zero-order valence-corrected chi connectivity index (χ0v) is 12.5. The normalized spacial score (nSPS) is 34.2. The molecule has 2 fully saturated rings. The third-order valence-corrected chi connectivity index (χ3v) is 6.63. The van der Waals surface area contributed by atoms with E-state index in [2.05, 4.69) is 5.32 Å². The minimum atomic E-state index is -1.06. The maximum atomic E-state index is 12.0. The van der Waals surface area contributed by atoms with Crippen molar-refractivity contribution in [2.75, 3.05) is 13.1 Å². The van der Waals surface area contributed by atoms with Gasteiger partial charge in [-0.05, 0) is 19.9 Å². The second-order valence-electron chi connectivity index (χ2n) is 5.16.